The normalized spacial score (nSPS) is 14.5. The third-order valence-corrected chi connectivity index (χ3v) is 1.62. The van der Waals surface area contributed by atoms with Gasteiger partial charge in [0.2, 0.25) is 5.91 Å². The molecular formula is C4H11N2O4P. The second kappa shape index (κ2) is 3.82. The van der Waals surface area contributed by atoms with Crippen molar-refractivity contribution in [3.63, 3.8) is 0 Å². The highest BCUT2D eigenvalue weighted by Gasteiger charge is 2.16. The van der Waals surface area contributed by atoms with Crippen LogP contribution in [-0.4, -0.2) is 28.0 Å². The predicted molar refractivity (Wildman–Crippen MR) is 38.7 cm³/mol. The second-order valence-electron chi connectivity index (χ2n) is 2.15. The molecular weight excluding hydrogens is 171 g/mol. The van der Waals surface area contributed by atoms with E-state index in [9.17, 15) is 9.36 Å². The van der Waals surface area contributed by atoms with Crippen molar-refractivity contribution < 1.29 is 19.1 Å². The van der Waals surface area contributed by atoms with Gasteiger partial charge in [-0.05, 0) is 6.92 Å². The van der Waals surface area contributed by atoms with E-state index in [0.717, 1.165) is 0 Å². The van der Waals surface area contributed by atoms with Crippen molar-refractivity contribution in [2.75, 3.05) is 6.29 Å². The molecule has 0 saturated heterocycles. The largest absolute Gasteiger partial charge is 0.368 e. The molecule has 0 unspecified atom stereocenters. The van der Waals surface area contributed by atoms with Gasteiger partial charge < -0.3 is 15.5 Å². The minimum Gasteiger partial charge on any atom is -0.368 e. The zero-order valence-electron chi connectivity index (χ0n) is 6.02. The molecule has 0 aromatic carbocycles. The summed E-state index contributed by atoms with van der Waals surface area (Å²) >= 11 is 0. The van der Waals surface area contributed by atoms with Gasteiger partial charge in [-0.3, -0.25) is 14.7 Å². The van der Waals surface area contributed by atoms with Crippen molar-refractivity contribution in [2.45, 2.75) is 13.0 Å². The van der Waals surface area contributed by atoms with Crippen LogP contribution in [0.1, 0.15) is 6.92 Å². The van der Waals surface area contributed by atoms with Gasteiger partial charge in [0, 0.05) is 0 Å². The first-order valence-electron chi connectivity index (χ1n) is 2.90. The fraction of sp³-hybridized carbons (Fsp3) is 0.750. The highest BCUT2D eigenvalue weighted by molar-refractivity contribution is 7.51. The summed E-state index contributed by atoms with van der Waals surface area (Å²) in [4.78, 5) is 27.0. The SMILES string of the molecule is C[C@H](NCP(=O)(O)O)C(N)=O. The highest BCUT2D eigenvalue weighted by Crippen LogP contribution is 2.31. The summed E-state index contributed by atoms with van der Waals surface area (Å²) in [5.74, 6) is -0.640. The van der Waals surface area contributed by atoms with Crippen LogP contribution in [0.15, 0.2) is 0 Å². The van der Waals surface area contributed by atoms with E-state index in [0.29, 0.717) is 0 Å². The van der Waals surface area contributed by atoms with Crippen LogP contribution in [0.25, 0.3) is 0 Å². The molecule has 0 aliphatic carbocycles. The Hall–Kier alpha value is -0.420. The van der Waals surface area contributed by atoms with Gasteiger partial charge >= 0.3 is 7.60 Å². The molecule has 0 fully saturated rings. The van der Waals surface area contributed by atoms with Crippen LogP contribution in [0.2, 0.25) is 0 Å². The minimum atomic E-state index is -4.08. The highest BCUT2D eigenvalue weighted by atomic mass is 31.2. The van der Waals surface area contributed by atoms with E-state index in [4.69, 9.17) is 15.5 Å². The monoisotopic (exact) mass is 182 g/mol. The van der Waals surface area contributed by atoms with Crippen LogP contribution in [-0.2, 0) is 9.36 Å². The molecule has 0 aliphatic rings. The van der Waals surface area contributed by atoms with Gasteiger partial charge in [0.1, 0.15) is 0 Å². The fourth-order valence-corrected chi connectivity index (χ4v) is 0.868. The number of nitrogens with one attached hydrogen (secondary N) is 1. The Morgan fingerprint density at radius 3 is 2.45 bits per heavy atom. The quantitative estimate of drug-likeness (QED) is 0.399. The maximum Gasteiger partial charge on any atom is 0.339 e. The van der Waals surface area contributed by atoms with Crippen LogP contribution in [0.4, 0.5) is 0 Å². The van der Waals surface area contributed by atoms with Crippen molar-refractivity contribution in [1.82, 2.24) is 5.32 Å². The second-order valence-corrected chi connectivity index (χ2v) is 3.80. The summed E-state index contributed by atoms with van der Waals surface area (Å²) in [6.45, 7) is 1.43. The van der Waals surface area contributed by atoms with Crippen LogP contribution >= 0.6 is 7.60 Å². The Kier molecular flexibility index (Phi) is 3.68. The number of nitrogens with two attached hydrogens (primary N) is 1. The average Bonchev–Trinajstić information content (AvgIpc) is 1.80. The summed E-state index contributed by atoms with van der Waals surface area (Å²) in [6.07, 6.45) is -0.531. The number of rotatable bonds is 4. The van der Waals surface area contributed by atoms with Gasteiger partial charge in [0.15, 0.2) is 0 Å². The third-order valence-electron chi connectivity index (χ3n) is 1.03. The van der Waals surface area contributed by atoms with Gasteiger partial charge in [0.05, 0.1) is 12.3 Å². The lowest BCUT2D eigenvalue weighted by Gasteiger charge is -2.09. The van der Waals surface area contributed by atoms with Crippen LogP contribution in [0.3, 0.4) is 0 Å². The lowest BCUT2D eigenvalue weighted by atomic mass is 10.3. The van der Waals surface area contributed by atoms with E-state index in [-0.39, 0.29) is 0 Å². The topological polar surface area (TPSA) is 113 Å². The van der Waals surface area contributed by atoms with Crippen molar-refractivity contribution in [1.29, 1.82) is 0 Å². The first-order chi connectivity index (χ1) is 4.83. The lowest BCUT2D eigenvalue weighted by Crippen LogP contribution is -2.39. The van der Waals surface area contributed by atoms with Gasteiger partial charge in [-0.1, -0.05) is 0 Å². The molecule has 0 aromatic heterocycles. The Morgan fingerprint density at radius 1 is 1.73 bits per heavy atom. The summed E-state index contributed by atoms with van der Waals surface area (Å²) < 4.78 is 10.2. The zero-order chi connectivity index (χ0) is 9.07. The molecule has 0 aromatic rings. The van der Waals surface area contributed by atoms with E-state index in [1.54, 1.807) is 0 Å². The molecule has 0 spiro atoms. The molecule has 0 saturated carbocycles. The fourth-order valence-electron chi connectivity index (χ4n) is 0.356. The smallest absolute Gasteiger partial charge is 0.339 e. The molecule has 0 radical (unpaired) electrons. The molecule has 1 amide bonds. The number of carbonyl (C=O) groups is 1. The van der Waals surface area contributed by atoms with Crippen molar-refractivity contribution in [2.24, 2.45) is 5.73 Å². The van der Waals surface area contributed by atoms with E-state index in [1.807, 2.05) is 0 Å². The number of amides is 1. The first-order valence-corrected chi connectivity index (χ1v) is 4.70. The average molecular weight is 182 g/mol. The Balaban J connectivity index is 3.72. The summed E-state index contributed by atoms with van der Waals surface area (Å²) in [7, 11) is -4.08. The van der Waals surface area contributed by atoms with E-state index in [1.165, 1.54) is 6.92 Å². The molecule has 11 heavy (non-hydrogen) atoms. The Bertz CT molecular complexity index is 189. The molecule has 66 valence electrons. The summed E-state index contributed by atoms with van der Waals surface area (Å²) in [5, 5.41) is 2.28. The predicted octanol–water partition coefficient (Wildman–Crippen LogP) is -1.42. The third kappa shape index (κ3) is 6.00. The maximum absolute atomic E-state index is 10.3. The summed E-state index contributed by atoms with van der Waals surface area (Å²) in [6, 6.07) is -0.720. The molecule has 0 rings (SSSR count). The summed E-state index contributed by atoms with van der Waals surface area (Å²) in [5.41, 5.74) is 4.81. The zero-order valence-corrected chi connectivity index (χ0v) is 6.91. The van der Waals surface area contributed by atoms with Crippen LogP contribution < -0.4 is 11.1 Å². The number of carbonyl (C=O) groups excluding carboxylic acids is 1. The molecule has 5 N–H and O–H groups in total. The number of hydrogen-bond acceptors (Lipinski definition) is 3. The Labute approximate surface area is 63.9 Å². The van der Waals surface area contributed by atoms with E-state index in [2.05, 4.69) is 5.32 Å². The maximum atomic E-state index is 10.3. The van der Waals surface area contributed by atoms with Gasteiger partial charge in [-0.25, -0.2) is 0 Å². The van der Waals surface area contributed by atoms with Crippen molar-refractivity contribution in [3.05, 3.63) is 0 Å². The van der Waals surface area contributed by atoms with E-state index < -0.39 is 25.8 Å². The standard InChI is InChI=1S/C4H11N2O4P/c1-3(4(5)7)6-2-11(8,9)10/h3,6H,2H2,1H3,(H2,5,7)(H2,8,9,10)/t3-/m0/s1. The molecule has 0 heterocycles. The van der Waals surface area contributed by atoms with E-state index >= 15 is 0 Å². The number of primary amides is 1. The van der Waals surface area contributed by atoms with Gasteiger partial charge in [0.25, 0.3) is 0 Å². The van der Waals surface area contributed by atoms with Crippen molar-refractivity contribution >= 4 is 13.5 Å². The minimum absolute atomic E-state index is 0.531. The number of hydrogen-bond donors (Lipinski definition) is 4. The van der Waals surface area contributed by atoms with Gasteiger partial charge in [-0.15, -0.1) is 0 Å². The molecule has 0 bridgehead atoms. The van der Waals surface area contributed by atoms with Crippen LogP contribution in [0.5, 0.6) is 0 Å². The van der Waals surface area contributed by atoms with Crippen LogP contribution in [0, 0.1) is 0 Å². The molecule has 1 atom stereocenters. The molecule has 7 heteroatoms. The lowest BCUT2D eigenvalue weighted by molar-refractivity contribution is -0.119. The van der Waals surface area contributed by atoms with Crippen molar-refractivity contribution in [3.8, 4) is 0 Å². The first kappa shape index (κ1) is 10.6. The molecule has 6 nitrogen and oxygen atoms in total. The molecule has 0 aliphatic heterocycles. The Morgan fingerprint density at radius 2 is 2.18 bits per heavy atom. The van der Waals surface area contributed by atoms with Gasteiger partial charge in [-0.2, -0.15) is 0 Å².